The van der Waals surface area contributed by atoms with Gasteiger partial charge in [-0.1, -0.05) is 129 Å². The van der Waals surface area contributed by atoms with E-state index in [0.717, 1.165) is 6.42 Å². The van der Waals surface area contributed by atoms with E-state index in [2.05, 4.69) is 143 Å². The van der Waals surface area contributed by atoms with Gasteiger partial charge in [0.25, 0.3) is 0 Å². The van der Waals surface area contributed by atoms with Gasteiger partial charge in [-0.15, -0.1) is 11.8 Å². The molecule has 3 rings (SSSR count). The van der Waals surface area contributed by atoms with Crippen molar-refractivity contribution in [3.8, 4) is 0 Å². The zero-order valence-electron chi connectivity index (χ0n) is 26.5. The maximum absolute atomic E-state index is 7.30. The zero-order valence-corrected chi connectivity index (χ0v) is 28.3. The van der Waals surface area contributed by atoms with E-state index in [1.807, 2.05) is 11.8 Å². The third kappa shape index (κ3) is 7.50. The van der Waals surface area contributed by atoms with Crippen molar-refractivity contribution < 1.29 is 9.16 Å². The molecule has 0 spiro atoms. The van der Waals surface area contributed by atoms with Crippen LogP contribution < -0.4 is 0 Å². The molecule has 39 heavy (non-hydrogen) atoms. The van der Waals surface area contributed by atoms with Crippen LogP contribution in [0.5, 0.6) is 0 Å². The molecule has 1 unspecified atom stereocenters. The van der Waals surface area contributed by atoms with Crippen LogP contribution in [0.15, 0.2) is 77.2 Å². The molecule has 2 aromatic rings. The van der Waals surface area contributed by atoms with E-state index in [-0.39, 0.29) is 23.0 Å². The Morgan fingerprint density at radius 2 is 1.38 bits per heavy atom. The van der Waals surface area contributed by atoms with E-state index in [1.165, 1.54) is 16.0 Å². The van der Waals surface area contributed by atoms with Gasteiger partial charge >= 0.3 is 0 Å². The molecule has 0 aromatic heterocycles. The quantitative estimate of drug-likeness (QED) is 0.199. The molecule has 2 nitrogen and oxygen atoms in total. The standard InChI is InChI=1S/C35H54O2SSi/c1-25(2)39(26(3)4,27(5)6)36-24-35(11)23-28(7)31(38-30-20-16-13-17-21-30)22-32(35)37-33(34(8,9)10)29-18-14-12-15-19-29/h12-21,23,25-27,31-33H,22,24H2,1-11H3/t31?,32-,33-,35+/m0/s1. The SMILES string of the molecule is CC1=C[C@](C)(CO[Si](C(C)C)(C(C)C)C(C)C)[C@@H](O[C@@H](c2ccccc2)C(C)(C)C)CC1Sc1ccccc1. The Morgan fingerprint density at radius 3 is 1.87 bits per heavy atom. The molecule has 216 valence electrons. The van der Waals surface area contributed by atoms with Crippen LogP contribution in [0, 0.1) is 10.8 Å². The Bertz CT molecular complexity index is 1040. The van der Waals surface area contributed by atoms with E-state index >= 15 is 0 Å². The molecule has 4 atom stereocenters. The third-order valence-electron chi connectivity index (χ3n) is 8.78. The van der Waals surface area contributed by atoms with Gasteiger partial charge in [-0.3, -0.25) is 0 Å². The summed E-state index contributed by atoms with van der Waals surface area (Å²) in [5.74, 6) is 0. The van der Waals surface area contributed by atoms with Gasteiger partial charge in [-0.05, 0) is 53.1 Å². The van der Waals surface area contributed by atoms with E-state index in [0.29, 0.717) is 28.5 Å². The van der Waals surface area contributed by atoms with Crippen LogP contribution in [0.2, 0.25) is 16.6 Å². The Kier molecular flexibility index (Phi) is 10.8. The smallest absolute Gasteiger partial charge is 0.200 e. The number of ether oxygens (including phenoxy) is 1. The summed E-state index contributed by atoms with van der Waals surface area (Å²) < 4.78 is 14.6. The van der Waals surface area contributed by atoms with Crippen molar-refractivity contribution in [3.05, 3.63) is 77.9 Å². The Morgan fingerprint density at radius 1 is 0.872 bits per heavy atom. The summed E-state index contributed by atoms with van der Waals surface area (Å²) in [5, 5.41) is 0.379. The molecule has 0 saturated carbocycles. The van der Waals surface area contributed by atoms with Crippen molar-refractivity contribution in [2.75, 3.05) is 6.61 Å². The average Bonchev–Trinajstić information content (AvgIpc) is 2.85. The highest BCUT2D eigenvalue weighted by Crippen LogP contribution is 2.49. The fraction of sp³-hybridized carbons (Fsp3) is 0.600. The Balaban J connectivity index is 2.01. The van der Waals surface area contributed by atoms with E-state index < -0.39 is 8.32 Å². The molecule has 2 aromatic carbocycles. The summed E-state index contributed by atoms with van der Waals surface area (Å²) >= 11 is 1.97. The molecular weight excluding hydrogens is 513 g/mol. The number of hydrogen-bond donors (Lipinski definition) is 0. The highest BCUT2D eigenvalue weighted by Gasteiger charge is 2.49. The molecular formula is C35H54O2SSi. The predicted octanol–water partition coefficient (Wildman–Crippen LogP) is 10.9. The minimum Gasteiger partial charge on any atom is -0.415 e. The van der Waals surface area contributed by atoms with Gasteiger partial charge in [0.1, 0.15) is 0 Å². The summed E-state index contributed by atoms with van der Waals surface area (Å²) in [5.41, 5.74) is 4.13. The topological polar surface area (TPSA) is 18.5 Å². The first kappa shape index (κ1) is 32.2. The number of hydrogen-bond acceptors (Lipinski definition) is 3. The summed E-state index contributed by atoms with van der Waals surface area (Å²) in [6.07, 6.45) is 3.53. The van der Waals surface area contributed by atoms with Crippen molar-refractivity contribution in [3.63, 3.8) is 0 Å². The molecule has 0 saturated heterocycles. The number of benzene rings is 2. The number of rotatable bonds is 11. The summed E-state index contributed by atoms with van der Waals surface area (Å²) in [7, 11) is -2.02. The summed E-state index contributed by atoms with van der Waals surface area (Å²) in [6.45, 7) is 26.6. The monoisotopic (exact) mass is 566 g/mol. The van der Waals surface area contributed by atoms with Crippen molar-refractivity contribution in [1.29, 1.82) is 0 Å². The van der Waals surface area contributed by atoms with Crippen LogP contribution in [-0.2, 0) is 9.16 Å². The second-order valence-electron chi connectivity index (χ2n) is 13.9. The van der Waals surface area contributed by atoms with E-state index in [9.17, 15) is 0 Å². The first-order valence-electron chi connectivity index (χ1n) is 15.0. The molecule has 0 N–H and O–H groups in total. The fourth-order valence-corrected chi connectivity index (χ4v) is 13.6. The van der Waals surface area contributed by atoms with Crippen LogP contribution >= 0.6 is 11.8 Å². The number of thioether (sulfide) groups is 1. The average molecular weight is 567 g/mol. The summed E-state index contributed by atoms with van der Waals surface area (Å²) in [4.78, 5) is 1.31. The van der Waals surface area contributed by atoms with Crippen molar-refractivity contribution in [2.24, 2.45) is 10.8 Å². The molecule has 1 aliphatic carbocycles. The predicted molar refractivity (Wildman–Crippen MR) is 173 cm³/mol. The zero-order chi connectivity index (χ0) is 29.0. The van der Waals surface area contributed by atoms with Gasteiger partial charge < -0.3 is 9.16 Å². The highest BCUT2D eigenvalue weighted by atomic mass is 32.2. The second-order valence-corrected chi connectivity index (χ2v) is 20.7. The molecule has 0 radical (unpaired) electrons. The van der Waals surface area contributed by atoms with Crippen LogP contribution in [0.3, 0.4) is 0 Å². The first-order chi connectivity index (χ1) is 18.2. The van der Waals surface area contributed by atoms with Crippen LogP contribution in [0.4, 0.5) is 0 Å². The van der Waals surface area contributed by atoms with Gasteiger partial charge in [0.15, 0.2) is 8.32 Å². The van der Waals surface area contributed by atoms with Gasteiger partial charge in [0, 0.05) is 22.2 Å². The minimum atomic E-state index is -2.02. The van der Waals surface area contributed by atoms with Crippen molar-refractivity contribution >= 4 is 20.1 Å². The van der Waals surface area contributed by atoms with Crippen molar-refractivity contribution in [2.45, 2.75) is 122 Å². The van der Waals surface area contributed by atoms with Crippen molar-refractivity contribution in [1.82, 2.24) is 0 Å². The second kappa shape index (κ2) is 13.1. The van der Waals surface area contributed by atoms with Gasteiger partial charge in [0.2, 0.25) is 0 Å². The summed E-state index contributed by atoms with van der Waals surface area (Å²) in [6, 6.07) is 21.6. The highest BCUT2D eigenvalue weighted by molar-refractivity contribution is 8.00. The lowest BCUT2D eigenvalue weighted by molar-refractivity contribution is -0.119. The Hall–Kier alpha value is -1.33. The first-order valence-corrected chi connectivity index (χ1v) is 18.0. The molecule has 0 aliphatic heterocycles. The lowest BCUT2D eigenvalue weighted by Gasteiger charge is -2.49. The van der Waals surface area contributed by atoms with E-state index in [1.54, 1.807) is 0 Å². The third-order valence-corrected chi connectivity index (χ3v) is 16.2. The molecule has 4 heteroatoms. The molecule has 0 fully saturated rings. The van der Waals surface area contributed by atoms with Crippen LogP contribution in [0.1, 0.15) is 94.2 Å². The fourth-order valence-electron chi connectivity index (χ4n) is 6.86. The lowest BCUT2D eigenvalue weighted by atomic mass is 9.75. The minimum absolute atomic E-state index is 0.000459. The largest absolute Gasteiger partial charge is 0.415 e. The molecule has 0 amide bonds. The normalized spacial score (nSPS) is 23.4. The van der Waals surface area contributed by atoms with Gasteiger partial charge in [-0.2, -0.15) is 0 Å². The Labute approximate surface area is 245 Å². The molecule has 1 aliphatic rings. The van der Waals surface area contributed by atoms with Crippen LogP contribution in [0.25, 0.3) is 0 Å². The maximum atomic E-state index is 7.30. The van der Waals surface area contributed by atoms with Gasteiger partial charge in [-0.25, -0.2) is 0 Å². The van der Waals surface area contributed by atoms with E-state index in [4.69, 9.17) is 9.16 Å². The maximum Gasteiger partial charge on any atom is 0.200 e. The van der Waals surface area contributed by atoms with Gasteiger partial charge in [0.05, 0.1) is 12.2 Å². The lowest BCUT2D eigenvalue weighted by Crippen LogP contribution is -2.52. The van der Waals surface area contributed by atoms with Crippen LogP contribution in [-0.4, -0.2) is 26.3 Å². The molecule has 0 heterocycles. The molecule has 0 bridgehead atoms.